The zero-order valence-electron chi connectivity index (χ0n) is 42.1. The molecule has 0 aliphatic heterocycles. The van der Waals surface area contributed by atoms with Crippen molar-refractivity contribution in [3.8, 4) is 0 Å². The molecular weight excluding hydrogens is 811 g/mol. The first-order chi connectivity index (χ1) is 31.6. The van der Waals surface area contributed by atoms with Gasteiger partial charge in [-0.15, -0.1) is 0 Å². The summed E-state index contributed by atoms with van der Waals surface area (Å²) in [7, 11) is 5.39. The predicted octanol–water partition coefficient (Wildman–Crippen LogP) is 13.7. The topological polar surface area (TPSA) is 102 Å². The van der Waals surface area contributed by atoms with Crippen molar-refractivity contribution in [1.29, 1.82) is 0 Å². The van der Waals surface area contributed by atoms with Gasteiger partial charge in [-0.3, -0.25) is 9.59 Å². The lowest BCUT2D eigenvalue weighted by atomic mass is 10.1. The summed E-state index contributed by atoms with van der Waals surface area (Å²) in [4.78, 5) is 37.0. The van der Waals surface area contributed by atoms with Crippen molar-refractivity contribution in [1.82, 2.24) is 0 Å². The summed E-state index contributed by atoms with van der Waals surface area (Å²) < 4.78 is 17.2. The quantitative estimate of drug-likeness (QED) is 0.0197. The summed E-state index contributed by atoms with van der Waals surface area (Å²) in [5, 5.41) is 11.7. The molecule has 0 fully saturated rings. The van der Waals surface area contributed by atoms with Crippen molar-refractivity contribution in [2.24, 2.45) is 0 Å². The van der Waals surface area contributed by atoms with Crippen molar-refractivity contribution < 1.29 is 38.2 Å². The van der Waals surface area contributed by atoms with E-state index in [4.69, 9.17) is 14.2 Å². The number of quaternary nitrogens is 1. The molecule has 0 N–H and O–H groups in total. The SMILES string of the molecule is CC/C=C/C/C=C/C/C=C/C/C=C/C/C=C/C/C=C/CCCCCCC(=O)OC(COCCC(C(=O)[O-])[N+](C)(C)C)COC(=O)CCCCCCC/C=C/C=C/CCCCCCCCC. The van der Waals surface area contributed by atoms with Crippen LogP contribution < -0.4 is 5.11 Å². The molecule has 0 rings (SSSR count). The minimum absolute atomic E-state index is 0.0192. The van der Waals surface area contributed by atoms with Crippen LogP contribution in [0.15, 0.2) is 97.2 Å². The Hall–Kier alpha value is -3.75. The number of carboxylic acid groups (broad SMARTS) is 1. The van der Waals surface area contributed by atoms with Gasteiger partial charge < -0.3 is 28.6 Å². The fourth-order valence-electron chi connectivity index (χ4n) is 7.01. The number of unbranched alkanes of at least 4 members (excludes halogenated alkanes) is 16. The van der Waals surface area contributed by atoms with Crippen LogP contribution in [0.5, 0.6) is 0 Å². The van der Waals surface area contributed by atoms with Crippen LogP contribution in [0, 0.1) is 0 Å². The summed E-state index contributed by atoms with van der Waals surface area (Å²) >= 11 is 0. The smallest absolute Gasteiger partial charge is 0.306 e. The molecular formula is C57H95NO7. The zero-order chi connectivity index (χ0) is 47.7. The molecule has 8 nitrogen and oxygen atoms in total. The lowest BCUT2D eigenvalue weighted by Crippen LogP contribution is -2.55. The van der Waals surface area contributed by atoms with Crippen molar-refractivity contribution >= 4 is 17.9 Å². The molecule has 0 heterocycles. The minimum atomic E-state index is -1.13. The Morgan fingerprint density at radius 2 is 0.908 bits per heavy atom. The molecule has 0 bridgehead atoms. The van der Waals surface area contributed by atoms with E-state index >= 15 is 0 Å². The van der Waals surface area contributed by atoms with E-state index in [1.54, 1.807) is 21.1 Å². The van der Waals surface area contributed by atoms with E-state index in [1.807, 2.05) is 0 Å². The monoisotopic (exact) mass is 906 g/mol. The van der Waals surface area contributed by atoms with E-state index in [0.717, 1.165) is 116 Å². The first-order valence-electron chi connectivity index (χ1n) is 25.8. The van der Waals surface area contributed by atoms with Crippen LogP contribution >= 0.6 is 0 Å². The summed E-state index contributed by atoms with van der Waals surface area (Å²) in [6.07, 6.45) is 62.9. The van der Waals surface area contributed by atoms with E-state index in [0.29, 0.717) is 6.42 Å². The number of hydrogen-bond acceptors (Lipinski definition) is 7. The van der Waals surface area contributed by atoms with Gasteiger partial charge in [-0.05, 0) is 89.9 Å². The van der Waals surface area contributed by atoms with Crippen molar-refractivity contribution in [3.63, 3.8) is 0 Å². The Kier molecular flexibility index (Phi) is 44.1. The zero-order valence-corrected chi connectivity index (χ0v) is 42.1. The molecule has 0 aliphatic carbocycles. The second-order valence-corrected chi connectivity index (χ2v) is 18.1. The molecule has 2 atom stereocenters. The van der Waals surface area contributed by atoms with E-state index in [9.17, 15) is 19.5 Å². The molecule has 0 saturated carbocycles. The highest BCUT2D eigenvalue weighted by Gasteiger charge is 2.25. The largest absolute Gasteiger partial charge is 0.544 e. The molecule has 65 heavy (non-hydrogen) atoms. The third kappa shape index (κ3) is 45.2. The molecule has 8 heteroatoms. The lowest BCUT2D eigenvalue weighted by molar-refractivity contribution is -0.889. The van der Waals surface area contributed by atoms with E-state index in [1.165, 1.54) is 44.9 Å². The van der Waals surface area contributed by atoms with Gasteiger partial charge in [0.25, 0.3) is 0 Å². The Labute approximate surface area is 398 Å². The maximum Gasteiger partial charge on any atom is 0.306 e. The van der Waals surface area contributed by atoms with E-state index in [2.05, 4.69) is 111 Å². The number of carbonyl (C=O) groups is 3. The Morgan fingerprint density at radius 3 is 1.37 bits per heavy atom. The maximum absolute atomic E-state index is 12.8. The van der Waals surface area contributed by atoms with Crippen LogP contribution in [0.4, 0.5) is 0 Å². The highest BCUT2D eigenvalue weighted by molar-refractivity contribution is 5.70. The van der Waals surface area contributed by atoms with Gasteiger partial charge >= 0.3 is 11.9 Å². The number of rotatable bonds is 45. The molecule has 0 saturated heterocycles. The number of esters is 2. The number of hydrogen-bond donors (Lipinski definition) is 0. The number of carbonyl (C=O) groups excluding carboxylic acids is 3. The second-order valence-electron chi connectivity index (χ2n) is 18.1. The van der Waals surface area contributed by atoms with Crippen LogP contribution in [-0.4, -0.2) is 75.5 Å². The predicted molar refractivity (Wildman–Crippen MR) is 272 cm³/mol. The van der Waals surface area contributed by atoms with Crippen LogP contribution in [-0.2, 0) is 28.6 Å². The fourth-order valence-corrected chi connectivity index (χ4v) is 7.01. The van der Waals surface area contributed by atoms with E-state index in [-0.39, 0.29) is 49.1 Å². The number of aliphatic carboxylic acids is 1. The van der Waals surface area contributed by atoms with Crippen molar-refractivity contribution in [2.75, 3.05) is 41.0 Å². The molecule has 0 aliphatic rings. The summed E-state index contributed by atoms with van der Waals surface area (Å²) in [5.41, 5.74) is 0. The van der Waals surface area contributed by atoms with Gasteiger partial charge in [0.05, 0.1) is 40.3 Å². The molecule has 0 aromatic heterocycles. The molecule has 0 radical (unpaired) electrons. The van der Waals surface area contributed by atoms with Gasteiger partial charge in [0.2, 0.25) is 0 Å². The van der Waals surface area contributed by atoms with Gasteiger partial charge in [0.15, 0.2) is 6.10 Å². The van der Waals surface area contributed by atoms with Crippen LogP contribution in [0.25, 0.3) is 0 Å². The van der Waals surface area contributed by atoms with Crippen molar-refractivity contribution in [2.45, 2.75) is 206 Å². The molecule has 0 aromatic carbocycles. The average Bonchev–Trinajstić information content (AvgIpc) is 3.27. The average molecular weight is 906 g/mol. The van der Waals surface area contributed by atoms with Gasteiger partial charge in [0, 0.05) is 19.3 Å². The fraction of sp³-hybridized carbons (Fsp3) is 0.667. The van der Waals surface area contributed by atoms with Crippen molar-refractivity contribution in [3.05, 3.63) is 97.2 Å². The normalized spacial score (nSPS) is 13.7. The number of carboxylic acids is 1. The second kappa shape index (κ2) is 46.8. The third-order valence-corrected chi connectivity index (χ3v) is 11.0. The van der Waals surface area contributed by atoms with Gasteiger partial charge in [-0.1, -0.05) is 182 Å². The Morgan fingerprint density at radius 1 is 0.492 bits per heavy atom. The first kappa shape index (κ1) is 61.2. The van der Waals surface area contributed by atoms with Gasteiger partial charge in [-0.2, -0.15) is 0 Å². The number of allylic oxidation sites excluding steroid dienone is 16. The molecule has 0 aromatic rings. The lowest BCUT2D eigenvalue weighted by Gasteiger charge is -2.34. The molecule has 2 unspecified atom stereocenters. The summed E-state index contributed by atoms with van der Waals surface area (Å²) in [6.45, 7) is 4.49. The number of ether oxygens (including phenoxy) is 3. The number of nitrogens with zero attached hydrogens (tertiary/aromatic N) is 1. The van der Waals surface area contributed by atoms with Crippen LogP contribution in [0.1, 0.15) is 194 Å². The van der Waals surface area contributed by atoms with Gasteiger partial charge in [0.1, 0.15) is 12.6 Å². The molecule has 0 amide bonds. The minimum Gasteiger partial charge on any atom is -0.544 e. The standard InChI is InChI=1S/C57H95NO7/c1-6-8-10-12-14-16-18-20-22-24-26-27-28-29-30-32-34-36-38-40-42-44-46-48-56(60)65-53(51-63-50-49-54(57(61)62)58(3,4)5)52-64-55(59)47-45-43-41-39-37-35-33-31-25-23-21-19-17-15-13-11-9-7-2/h8,10,14,16,20,22-23,25-27,29-31,33-34,36,53-54H,6-7,9,11-13,15,17-19,21,24,28,32,35,37-52H2,1-5H3/b10-8+,16-14+,22-20+,25-23+,27-26+,30-29+,33-31+,36-34+. The highest BCUT2D eigenvalue weighted by Crippen LogP contribution is 2.13. The summed E-state index contributed by atoms with van der Waals surface area (Å²) in [5.74, 6) is -1.80. The Bertz CT molecular complexity index is 1380. The van der Waals surface area contributed by atoms with Crippen LogP contribution in [0.3, 0.4) is 0 Å². The maximum atomic E-state index is 12.8. The molecule has 0 spiro atoms. The highest BCUT2D eigenvalue weighted by atomic mass is 16.6. The molecule has 370 valence electrons. The third-order valence-electron chi connectivity index (χ3n) is 11.0. The Balaban J connectivity index is 4.37. The van der Waals surface area contributed by atoms with E-state index < -0.39 is 18.1 Å². The van der Waals surface area contributed by atoms with Gasteiger partial charge in [-0.25, -0.2) is 0 Å². The first-order valence-corrected chi connectivity index (χ1v) is 25.8. The number of likely N-dealkylation sites (N-methyl/N-ethyl adjacent to an activating group) is 1. The van der Waals surface area contributed by atoms with Crippen LogP contribution in [0.2, 0.25) is 0 Å². The summed E-state index contributed by atoms with van der Waals surface area (Å²) in [6, 6.07) is -0.740.